The number of thiophene rings is 1. The van der Waals surface area contributed by atoms with E-state index in [1.807, 2.05) is 0 Å². The maximum Gasteiger partial charge on any atom is 0.226 e. The van der Waals surface area contributed by atoms with Gasteiger partial charge in [-0.2, -0.15) is 5.26 Å². The van der Waals surface area contributed by atoms with Gasteiger partial charge in [0.1, 0.15) is 11.1 Å². The minimum absolute atomic E-state index is 0.0433. The van der Waals surface area contributed by atoms with E-state index in [0.717, 1.165) is 49.2 Å². The zero-order chi connectivity index (χ0) is 17.1. The predicted octanol–water partition coefficient (Wildman–Crippen LogP) is 2.53. The van der Waals surface area contributed by atoms with Crippen LogP contribution in [0.5, 0.6) is 0 Å². The van der Waals surface area contributed by atoms with Gasteiger partial charge in [0.25, 0.3) is 0 Å². The van der Waals surface area contributed by atoms with E-state index in [-0.39, 0.29) is 12.0 Å². The molecule has 24 heavy (non-hydrogen) atoms. The lowest BCUT2D eigenvalue weighted by molar-refractivity contribution is -0.116. The minimum Gasteiger partial charge on any atom is -0.392 e. The molecule has 1 saturated heterocycles. The fraction of sp³-hybridized carbons (Fsp3) is 0.667. The zero-order valence-corrected chi connectivity index (χ0v) is 15.0. The average molecular weight is 347 g/mol. The predicted molar refractivity (Wildman–Crippen MR) is 95.2 cm³/mol. The first-order chi connectivity index (χ1) is 11.6. The molecule has 1 aliphatic carbocycles. The third kappa shape index (κ3) is 3.97. The van der Waals surface area contributed by atoms with Crippen LogP contribution >= 0.6 is 11.3 Å². The average Bonchev–Trinajstić information content (AvgIpc) is 2.89. The number of hydrogen-bond acceptors (Lipinski definition) is 5. The Morgan fingerprint density at radius 1 is 1.50 bits per heavy atom. The number of carbonyl (C=O) groups excluding carboxylic acids is 1. The highest BCUT2D eigenvalue weighted by Gasteiger charge is 2.25. The first-order valence-corrected chi connectivity index (χ1v) is 9.63. The second kappa shape index (κ2) is 7.64. The largest absolute Gasteiger partial charge is 0.392 e. The van der Waals surface area contributed by atoms with E-state index < -0.39 is 0 Å². The van der Waals surface area contributed by atoms with Crippen LogP contribution in [0.15, 0.2) is 0 Å². The molecule has 1 aromatic rings. The molecule has 2 unspecified atom stereocenters. The zero-order valence-electron chi connectivity index (χ0n) is 14.2. The summed E-state index contributed by atoms with van der Waals surface area (Å²) in [4.78, 5) is 15.7. The second-order valence-corrected chi connectivity index (χ2v) is 8.17. The van der Waals surface area contributed by atoms with Crippen LogP contribution in [0.1, 0.15) is 48.6 Å². The van der Waals surface area contributed by atoms with Crippen molar-refractivity contribution in [2.75, 3.05) is 25.0 Å². The van der Waals surface area contributed by atoms with Crippen molar-refractivity contribution in [1.82, 2.24) is 4.90 Å². The fourth-order valence-corrected chi connectivity index (χ4v) is 5.02. The summed E-state index contributed by atoms with van der Waals surface area (Å²) < 4.78 is 0. The molecule has 3 rings (SSSR count). The van der Waals surface area contributed by atoms with Gasteiger partial charge in [-0.3, -0.25) is 4.79 Å². The monoisotopic (exact) mass is 347 g/mol. The summed E-state index contributed by atoms with van der Waals surface area (Å²) in [5.74, 6) is 0.606. The highest BCUT2D eigenvalue weighted by atomic mass is 32.1. The standard InChI is InChI=1S/C18H25N3O2S/c1-12-4-5-14-15(10-19)18(24-16(14)9-12)20-17(23)6-8-21-7-2-3-13(22)11-21/h12-13,22H,2-9,11H2,1H3,(H,20,23). The molecule has 2 atom stereocenters. The van der Waals surface area contributed by atoms with Crippen molar-refractivity contribution in [1.29, 1.82) is 5.26 Å². The lowest BCUT2D eigenvalue weighted by Crippen LogP contribution is -2.39. The van der Waals surface area contributed by atoms with Crippen LogP contribution in [0.4, 0.5) is 5.00 Å². The Hall–Kier alpha value is -1.42. The lowest BCUT2D eigenvalue weighted by atomic mass is 9.89. The number of likely N-dealkylation sites (tertiary alicyclic amines) is 1. The summed E-state index contributed by atoms with van der Waals surface area (Å²) in [5.41, 5.74) is 1.82. The summed E-state index contributed by atoms with van der Waals surface area (Å²) in [5, 5.41) is 22.8. The Bertz CT molecular complexity index is 649. The van der Waals surface area contributed by atoms with Gasteiger partial charge in [-0.1, -0.05) is 6.92 Å². The van der Waals surface area contributed by atoms with Crippen LogP contribution in [0.2, 0.25) is 0 Å². The van der Waals surface area contributed by atoms with Crippen molar-refractivity contribution in [2.24, 2.45) is 5.92 Å². The van der Waals surface area contributed by atoms with Gasteiger partial charge in [0.15, 0.2) is 0 Å². The number of aliphatic hydroxyl groups excluding tert-OH is 1. The van der Waals surface area contributed by atoms with E-state index in [1.165, 1.54) is 4.88 Å². The molecule has 2 aliphatic rings. The van der Waals surface area contributed by atoms with Gasteiger partial charge >= 0.3 is 0 Å². The molecule has 1 amide bonds. The molecule has 6 heteroatoms. The van der Waals surface area contributed by atoms with Crippen molar-refractivity contribution < 1.29 is 9.90 Å². The number of nitrogens with zero attached hydrogens (tertiary/aromatic N) is 2. The summed E-state index contributed by atoms with van der Waals surface area (Å²) in [6, 6.07) is 2.29. The Labute approximate surface area is 147 Å². The third-order valence-corrected chi connectivity index (χ3v) is 6.18. The SMILES string of the molecule is CC1CCc2c(sc(NC(=O)CCN3CCCC(O)C3)c2C#N)C1. The molecule has 1 aliphatic heterocycles. The fourth-order valence-electron chi connectivity index (χ4n) is 3.64. The van der Waals surface area contributed by atoms with Gasteiger partial charge in [-0.05, 0) is 50.1 Å². The van der Waals surface area contributed by atoms with Crippen LogP contribution < -0.4 is 5.32 Å². The number of aliphatic hydroxyl groups is 1. The van der Waals surface area contributed by atoms with E-state index >= 15 is 0 Å². The number of nitriles is 1. The van der Waals surface area contributed by atoms with E-state index in [0.29, 0.717) is 31.0 Å². The number of fused-ring (bicyclic) bond motifs is 1. The van der Waals surface area contributed by atoms with Crippen molar-refractivity contribution in [3.8, 4) is 6.07 Å². The van der Waals surface area contributed by atoms with Gasteiger partial charge in [-0.25, -0.2) is 0 Å². The highest BCUT2D eigenvalue weighted by molar-refractivity contribution is 7.16. The van der Waals surface area contributed by atoms with Gasteiger partial charge in [0.05, 0.1) is 11.7 Å². The summed E-state index contributed by atoms with van der Waals surface area (Å²) >= 11 is 1.57. The molecular weight excluding hydrogens is 322 g/mol. The maximum atomic E-state index is 12.3. The van der Waals surface area contributed by atoms with Crippen LogP contribution in [0.25, 0.3) is 0 Å². The Morgan fingerprint density at radius 2 is 2.33 bits per heavy atom. The van der Waals surface area contributed by atoms with Crippen LogP contribution in [0, 0.1) is 17.2 Å². The van der Waals surface area contributed by atoms with Crippen molar-refractivity contribution >= 4 is 22.2 Å². The molecule has 0 aromatic carbocycles. The molecular formula is C18H25N3O2S. The number of carbonyl (C=O) groups is 1. The van der Waals surface area contributed by atoms with E-state index in [4.69, 9.17) is 0 Å². The number of anilines is 1. The number of hydrogen-bond donors (Lipinski definition) is 2. The van der Waals surface area contributed by atoms with E-state index in [2.05, 4.69) is 23.2 Å². The molecule has 2 N–H and O–H groups in total. The maximum absolute atomic E-state index is 12.3. The minimum atomic E-state index is -0.266. The number of rotatable bonds is 4. The van der Waals surface area contributed by atoms with Gasteiger partial charge in [0, 0.05) is 24.4 Å². The van der Waals surface area contributed by atoms with Gasteiger partial charge < -0.3 is 15.3 Å². The van der Waals surface area contributed by atoms with Crippen LogP contribution in [0.3, 0.4) is 0 Å². The topological polar surface area (TPSA) is 76.4 Å². The van der Waals surface area contributed by atoms with Crippen molar-refractivity contribution in [3.63, 3.8) is 0 Å². The van der Waals surface area contributed by atoms with Gasteiger partial charge in [-0.15, -0.1) is 11.3 Å². The molecule has 0 spiro atoms. The Kier molecular flexibility index (Phi) is 5.54. The molecule has 1 aromatic heterocycles. The summed E-state index contributed by atoms with van der Waals surface area (Å²) in [7, 11) is 0. The molecule has 130 valence electrons. The molecule has 0 radical (unpaired) electrons. The highest BCUT2D eigenvalue weighted by Crippen LogP contribution is 2.39. The molecule has 5 nitrogen and oxygen atoms in total. The van der Waals surface area contributed by atoms with E-state index in [1.54, 1.807) is 11.3 Å². The quantitative estimate of drug-likeness (QED) is 0.877. The molecule has 1 fully saturated rings. The Balaban J connectivity index is 1.59. The lowest BCUT2D eigenvalue weighted by Gasteiger charge is -2.29. The molecule has 2 heterocycles. The number of amides is 1. The Morgan fingerprint density at radius 3 is 3.08 bits per heavy atom. The summed E-state index contributed by atoms with van der Waals surface area (Å²) in [6.07, 6.45) is 5.04. The number of nitrogens with one attached hydrogen (secondary N) is 1. The normalized spacial score (nSPS) is 24.2. The number of piperidine rings is 1. The number of β-amino-alcohol motifs (C(OH)–C–C–N with tert-alkyl or cyclic N) is 1. The molecule has 0 bridgehead atoms. The molecule has 0 saturated carbocycles. The summed E-state index contributed by atoms with van der Waals surface area (Å²) in [6.45, 7) is 4.49. The van der Waals surface area contributed by atoms with Crippen molar-refractivity contribution in [2.45, 2.75) is 51.6 Å². The first kappa shape index (κ1) is 17.4. The van der Waals surface area contributed by atoms with Crippen LogP contribution in [-0.2, 0) is 17.6 Å². The van der Waals surface area contributed by atoms with E-state index in [9.17, 15) is 15.2 Å². The van der Waals surface area contributed by atoms with Crippen LogP contribution in [-0.4, -0.2) is 41.7 Å². The smallest absolute Gasteiger partial charge is 0.226 e. The second-order valence-electron chi connectivity index (χ2n) is 7.06. The first-order valence-electron chi connectivity index (χ1n) is 8.81. The third-order valence-electron chi connectivity index (χ3n) is 5.01. The van der Waals surface area contributed by atoms with Crippen molar-refractivity contribution in [3.05, 3.63) is 16.0 Å². The van der Waals surface area contributed by atoms with Gasteiger partial charge in [0.2, 0.25) is 5.91 Å².